The van der Waals surface area contributed by atoms with Crippen molar-refractivity contribution in [1.29, 1.82) is 0 Å². The van der Waals surface area contributed by atoms with Crippen LogP contribution in [0, 0.1) is 17.8 Å². The van der Waals surface area contributed by atoms with Crippen LogP contribution in [0.3, 0.4) is 0 Å². The Morgan fingerprint density at radius 3 is 2.10 bits per heavy atom. The third kappa shape index (κ3) is 4.77. The van der Waals surface area contributed by atoms with E-state index in [1.54, 1.807) is 24.3 Å². The number of esters is 1. The Bertz CT molecular complexity index is 782. The van der Waals surface area contributed by atoms with Crippen molar-refractivity contribution < 1.29 is 23.9 Å². The van der Waals surface area contributed by atoms with Crippen molar-refractivity contribution in [2.24, 2.45) is 17.8 Å². The van der Waals surface area contributed by atoms with E-state index in [0.717, 1.165) is 19.3 Å². The highest BCUT2D eigenvalue weighted by Crippen LogP contribution is 2.55. The number of hydrogen-bond acceptors (Lipinski definition) is 5. The van der Waals surface area contributed by atoms with E-state index in [1.165, 1.54) is 19.3 Å². The van der Waals surface area contributed by atoms with Gasteiger partial charge in [-0.05, 0) is 94.4 Å². The summed E-state index contributed by atoms with van der Waals surface area (Å²) >= 11 is 0. The van der Waals surface area contributed by atoms with Gasteiger partial charge >= 0.3 is 12.0 Å². The summed E-state index contributed by atoms with van der Waals surface area (Å²) in [5.41, 5.74) is 0.146. The van der Waals surface area contributed by atoms with Gasteiger partial charge in [0.25, 0.3) is 5.91 Å². The molecule has 0 spiro atoms. The van der Waals surface area contributed by atoms with E-state index >= 15 is 0 Å². The second-order valence-corrected chi connectivity index (χ2v) is 9.47. The molecule has 4 fully saturated rings. The minimum absolute atomic E-state index is 0.0380. The van der Waals surface area contributed by atoms with Crippen molar-refractivity contribution >= 4 is 17.9 Å². The number of nitrogens with one attached hydrogen (secondary N) is 2. The molecule has 162 valence electrons. The largest absolute Gasteiger partial charge is 0.491 e. The number of imide groups is 1. The number of carbonyl (C=O) groups is 3. The highest BCUT2D eigenvalue weighted by Gasteiger charge is 2.51. The van der Waals surface area contributed by atoms with Gasteiger partial charge in [0.2, 0.25) is 0 Å². The minimum atomic E-state index is -0.634. The fraction of sp³-hybridized carbons (Fsp3) is 0.609. The molecule has 3 amide bonds. The summed E-state index contributed by atoms with van der Waals surface area (Å²) in [5.74, 6) is 1.50. The van der Waals surface area contributed by atoms with Crippen molar-refractivity contribution in [2.75, 3.05) is 6.61 Å². The molecule has 4 bridgehead atoms. The van der Waals surface area contributed by atoms with Gasteiger partial charge in [0.05, 0.1) is 11.7 Å². The number of hydrogen-bond donors (Lipinski definition) is 2. The lowest BCUT2D eigenvalue weighted by atomic mass is 9.53. The summed E-state index contributed by atoms with van der Waals surface area (Å²) in [5, 5.41) is 5.38. The topological polar surface area (TPSA) is 93.7 Å². The summed E-state index contributed by atoms with van der Waals surface area (Å²) in [6.45, 7) is 3.33. The van der Waals surface area contributed by atoms with Crippen LogP contribution in [0.2, 0.25) is 0 Å². The Morgan fingerprint density at radius 2 is 1.57 bits per heavy atom. The monoisotopic (exact) mass is 414 g/mol. The average Bonchev–Trinajstić information content (AvgIpc) is 2.64. The fourth-order valence-electron chi connectivity index (χ4n) is 5.85. The summed E-state index contributed by atoms with van der Waals surface area (Å²) in [6.07, 6.45) is 6.90. The van der Waals surface area contributed by atoms with Crippen LogP contribution in [0.1, 0.15) is 62.7 Å². The Morgan fingerprint density at radius 1 is 1.00 bits per heavy atom. The van der Waals surface area contributed by atoms with Crippen molar-refractivity contribution in [1.82, 2.24) is 10.6 Å². The van der Waals surface area contributed by atoms with Crippen molar-refractivity contribution in [2.45, 2.75) is 64.0 Å². The molecule has 7 nitrogen and oxygen atoms in total. The Balaban J connectivity index is 1.23. The van der Waals surface area contributed by atoms with Crippen LogP contribution in [0.15, 0.2) is 24.3 Å². The number of benzene rings is 1. The van der Waals surface area contributed by atoms with Gasteiger partial charge in [-0.1, -0.05) is 0 Å². The van der Waals surface area contributed by atoms with E-state index in [-0.39, 0.29) is 11.6 Å². The first-order valence-electron chi connectivity index (χ1n) is 10.9. The zero-order chi connectivity index (χ0) is 21.3. The van der Waals surface area contributed by atoms with Crippen LogP contribution in [0.25, 0.3) is 0 Å². The van der Waals surface area contributed by atoms with Crippen LogP contribution in [0.4, 0.5) is 4.79 Å². The van der Waals surface area contributed by atoms with Crippen molar-refractivity contribution in [3.8, 4) is 5.75 Å². The molecule has 0 atom stereocenters. The molecule has 4 aliphatic rings. The van der Waals surface area contributed by atoms with E-state index in [2.05, 4.69) is 10.6 Å². The molecule has 5 rings (SSSR count). The SMILES string of the molecule is CC(C)Oc1ccc(C(=O)OCC(=O)NC(=O)NC23CC4CC(CC(C4)C2)C3)cc1. The molecule has 2 N–H and O–H groups in total. The minimum Gasteiger partial charge on any atom is -0.491 e. The number of rotatable bonds is 6. The predicted molar refractivity (Wildman–Crippen MR) is 110 cm³/mol. The van der Waals surface area contributed by atoms with Gasteiger partial charge in [-0.25, -0.2) is 9.59 Å². The number of urea groups is 1. The van der Waals surface area contributed by atoms with E-state index in [4.69, 9.17) is 9.47 Å². The predicted octanol–water partition coefficient (Wildman–Crippen LogP) is 3.43. The molecule has 0 aromatic heterocycles. The molecular formula is C23H30N2O5. The lowest BCUT2D eigenvalue weighted by molar-refractivity contribution is -0.123. The Hall–Kier alpha value is -2.57. The van der Waals surface area contributed by atoms with E-state index in [0.29, 0.717) is 29.1 Å². The van der Waals surface area contributed by atoms with Gasteiger partial charge in [-0.3, -0.25) is 10.1 Å². The maximum absolute atomic E-state index is 12.4. The number of carbonyl (C=O) groups excluding carboxylic acids is 3. The van der Waals surface area contributed by atoms with Gasteiger partial charge in [-0.2, -0.15) is 0 Å². The maximum Gasteiger partial charge on any atom is 0.338 e. The van der Waals surface area contributed by atoms with Gasteiger partial charge in [0, 0.05) is 5.54 Å². The average molecular weight is 415 g/mol. The van der Waals surface area contributed by atoms with Crippen molar-refractivity contribution in [3.63, 3.8) is 0 Å². The van der Waals surface area contributed by atoms with Crippen LogP contribution < -0.4 is 15.4 Å². The lowest BCUT2D eigenvalue weighted by Gasteiger charge is -2.56. The molecule has 7 heteroatoms. The number of amides is 3. The normalized spacial score (nSPS) is 28.8. The molecule has 0 saturated heterocycles. The van der Waals surface area contributed by atoms with Crippen LogP contribution in [-0.2, 0) is 9.53 Å². The quantitative estimate of drug-likeness (QED) is 0.696. The molecule has 0 aliphatic heterocycles. The highest BCUT2D eigenvalue weighted by atomic mass is 16.5. The van der Waals surface area contributed by atoms with Gasteiger partial charge < -0.3 is 14.8 Å². The first-order valence-corrected chi connectivity index (χ1v) is 10.9. The van der Waals surface area contributed by atoms with Gasteiger partial charge in [-0.15, -0.1) is 0 Å². The lowest BCUT2D eigenvalue weighted by Crippen LogP contribution is -2.62. The van der Waals surface area contributed by atoms with E-state index < -0.39 is 24.5 Å². The van der Waals surface area contributed by atoms with Crippen LogP contribution >= 0.6 is 0 Å². The molecular weight excluding hydrogens is 384 g/mol. The zero-order valence-electron chi connectivity index (χ0n) is 17.6. The molecule has 1 aromatic carbocycles. The van der Waals surface area contributed by atoms with Gasteiger partial charge in [0.15, 0.2) is 6.61 Å². The van der Waals surface area contributed by atoms with Crippen LogP contribution in [0.5, 0.6) is 5.75 Å². The third-order valence-corrected chi connectivity index (χ3v) is 6.47. The van der Waals surface area contributed by atoms with E-state index in [1.807, 2.05) is 13.8 Å². The molecule has 30 heavy (non-hydrogen) atoms. The molecule has 0 unspecified atom stereocenters. The van der Waals surface area contributed by atoms with Crippen molar-refractivity contribution in [3.05, 3.63) is 29.8 Å². The standard InChI is InChI=1S/C23H30N2O5/c1-14(2)30-19-5-3-18(4-6-19)21(27)29-13-20(26)24-22(28)25-23-10-15-7-16(11-23)9-17(8-15)12-23/h3-6,14-17H,7-13H2,1-2H3,(H2,24,25,26,28). The Kier molecular flexibility index (Phi) is 5.71. The summed E-state index contributed by atoms with van der Waals surface area (Å²) in [7, 11) is 0. The summed E-state index contributed by atoms with van der Waals surface area (Å²) in [4.78, 5) is 36.6. The fourth-order valence-corrected chi connectivity index (χ4v) is 5.85. The molecule has 4 aliphatic carbocycles. The number of ether oxygens (including phenoxy) is 2. The summed E-state index contributed by atoms with van der Waals surface area (Å²) < 4.78 is 10.6. The summed E-state index contributed by atoms with van der Waals surface area (Å²) in [6, 6.07) is 6.02. The second-order valence-electron chi connectivity index (χ2n) is 9.47. The maximum atomic E-state index is 12.4. The molecule has 4 saturated carbocycles. The third-order valence-electron chi connectivity index (χ3n) is 6.47. The Labute approximate surface area is 176 Å². The first kappa shape index (κ1) is 20.7. The van der Waals surface area contributed by atoms with Gasteiger partial charge in [0.1, 0.15) is 5.75 Å². The zero-order valence-corrected chi connectivity index (χ0v) is 17.6. The molecule has 0 radical (unpaired) electrons. The molecule has 1 aromatic rings. The van der Waals surface area contributed by atoms with Crippen LogP contribution in [-0.4, -0.2) is 36.2 Å². The smallest absolute Gasteiger partial charge is 0.338 e. The van der Waals surface area contributed by atoms with E-state index in [9.17, 15) is 14.4 Å². The second kappa shape index (κ2) is 8.28. The molecule has 0 heterocycles. The first-order chi connectivity index (χ1) is 14.3. The highest BCUT2D eigenvalue weighted by molar-refractivity contribution is 5.97.